The van der Waals surface area contributed by atoms with Crippen LogP contribution >= 0.6 is 0 Å². The Hall–Kier alpha value is -2.06. The van der Waals surface area contributed by atoms with Crippen LogP contribution in [0.4, 0.5) is 5.95 Å². The minimum absolute atomic E-state index is 0.519. The van der Waals surface area contributed by atoms with Crippen LogP contribution in [0, 0.1) is 17.2 Å². The zero-order valence-electron chi connectivity index (χ0n) is 12.4. The summed E-state index contributed by atoms with van der Waals surface area (Å²) in [5.74, 6) is 1.16. The van der Waals surface area contributed by atoms with Crippen molar-refractivity contribution in [2.45, 2.75) is 26.3 Å². The number of aromatic nitrogens is 2. The Balaban J connectivity index is 1.85. The van der Waals surface area contributed by atoms with Crippen LogP contribution in [0.1, 0.15) is 25.3 Å². The van der Waals surface area contributed by atoms with Gasteiger partial charge in [0.2, 0.25) is 5.95 Å². The van der Waals surface area contributed by atoms with Crippen LogP contribution in [0.2, 0.25) is 0 Å². The first-order chi connectivity index (χ1) is 10.2. The van der Waals surface area contributed by atoms with Crippen LogP contribution < -0.4 is 5.73 Å². The average molecular weight is 283 g/mol. The number of anilines is 1. The van der Waals surface area contributed by atoms with Crippen molar-refractivity contribution in [3.05, 3.63) is 23.8 Å². The summed E-state index contributed by atoms with van der Waals surface area (Å²) in [6.07, 6.45) is 2.40. The number of hydrogen-bond donors (Lipinski definition) is 1. The molecule has 2 aromatic rings. The van der Waals surface area contributed by atoms with E-state index in [1.165, 1.54) is 12.8 Å². The summed E-state index contributed by atoms with van der Waals surface area (Å²) in [5, 5.41) is 9.17. The third-order valence-electron chi connectivity index (χ3n) is 4.52. The third kappa shape index (κ3) is 2.59. The van der Waals surface area contributed by atoms with Gasteiger partial charge in [-0.15, -0.1) is 0 Å². The van der Waals surface area contributed by atoms with Crippen molar-refractivity contribution < 1.29 is 0 Å². The van der Waals surface area contributed by atoms with E-state index >= 15 is 0 Å². The number of piperidine rings is 1. The van der Waals surface area contributed by atoms with E-state index in [0.29, 0.717) is 17.4 Å². The van der Waals surface area contributed by atoms with Gasteiger partial charge in [0.05, 0.1) is 11.1 Å². The van der Waals surface area contributed by atoms with Gasteiger partial charge in [-0.25, -0.2) is 4.98 Å². The number of likely N-dealkylation sites (tertiary alicyclic amines) is 1. The summed E-state index contributed by atoms with van der Waals surface area (Å²) in [6.45, 7) is 6.57. The number of para-hydroxylation sites is 1. The van der Waals surface area contributed by atoms with Crippen LogP contribution in [0.25, 0.3) is 11.0 Å². The maximum Gasteiger partial charge on any atom is 0.201 e. The van der Waals surface area contributed by atoms with Crippen molar-refractivity contribution >= 4 is 17.0 Å². The molecule has 2 N–H and O–H groups in total. The lowest BCUT2D eigenvalue weighted by Gasteiger charge is -2.31. The van der Waals surface area contributed by atoms with Crippen molar-refractivity contribution in [3.8, 4) is 6.07 Å². The second kappa shape index (κ2) is 5.74. The molecule has 0 unspecified atom stereocenters. The van der Waals surface area contributed by atoms with Gasteiger partial charge in [-0.1, -0.05) is 13.0 Å². The lowest BCUT2D eigenvalue weighted by Crippen LogP contribution is -2.34. The lowest BCUT2D eigenvalue weighted by molar-refractivity contribution is 0.182. The maximum atomic E-state index is 9.17. The summed E-state index contributed by atoms with van der Waals surface area (Å²) in [5.41, 5.74) is 8.38. The van der Waals surface area contributed by atoms with Gasteiger partial charge < -0.3 is 15.2 Å². The molecule has 21 heavy (non-hydrogen) atoms. The molecule has 0 spiro atoms. The van der Waals surface area contributed by atoms with Gasteiger partial charge in [-0.05, 0) is 50.5 Å². The fourth-order valence-electron chi connectivity index (χ4n) is 3.19. The topological polar surface area (TPSA) is 70.9 Å². The predicted molar refractivity (Wildman–Crippen MR) is 83.7 cm³/mol. The first-order valence-electron chi connectivity index (χ1n) is 7.60. The number of rotatable bonds is 3. The lowest BCUT2D eigenvalue weighted by atomic mass is 9.96. The maximum absolute atomic E-state index is 9.17. The van der Waals surface area contributed by atoms with E-state index in [1.54, 1.807) is 6.07 Å². The Kier molecular flexibility index (Phi) is 3.80. The van der Waals surface area contributed by atoms with E-state index in [9.17, 15) is 0 Å². The van der Waals surface area contributed by atoms with Crippen LogP contribution in [0.3, 0.4) is 0 Å². The predicted octanol–water partition coefficient (Wildman–Crippen LogP) is 2.22. The molecule has 110 valence electrons. The van der Waals surface area contributed by atoms with Crippen LogP contribution in [0.5, 0.6) is 0 Å². The monoisotopic (exact) mass is 283 g/mol. The molecule has 5 heteroatoms. The number of nitrogens with zero attached hydrogens (tertiary/aromatic N) is 4. The number of nitrogen functional groups attached to an aromatic ring is 1. The Labute approximate surface area is 125 Å². The molecule has 3 rings (SSSR count). The molecule has 0 radical (unpaired) electrons. The number of nitrogens with two attached hydrogens (primary N) is 1. The van der Waals surface area contributed by atoms with Gasteiger partial charge in [0.25, 0.3) is 0 Å². The van der Waals surface area contributed by atoms with Crippen LogP contribution in [-0.4, -0.2) is 34.1 Å². The van der Waals surface area contributed by atoms with Crippen LogP contribution in [-0.2, 0) is 6.54 Å². The SMILES string of the molecule is CCN1CCC(Cn2c(N)nc3c(C#N)cccc32)CC1. The zero-order valence-corrected chi connectivity index (χ0v) is 12.4. The van der Waals surface area contributed by atoms with Crippen molar-refractivity contribution in [2.24, 2.45) is 5.92 Å². The fraction of sp³-hybridized carbons (Fsp3) is 0.500. The van der Waals surface area contributed by atoms with E-state index in [-0.39, 0.29) is 0 Å². The molecule has 0 atom stereocenters. The largest absolute Gasteiger partial charge is 0.369 e. The molecule has 0 aliphatic carbocycles. The molecule has 0 saturated carbocycles. The van der Waals surface area contributed by atoms with Gasteiger partial charge in [0.1, 0.15) is 11.6 Å². The summed E-state index contributed by atoms with van der Waals surface area (Å²) in [6, 6.07) is 7.88. The number of hydrogen-bond acceptors (Lipinski definition) is 4. The summed E-state index contributed by atoms with van der Waals surface area (Å²) >= 11 is 0. The second-order valence-corrected chi connectivity index (χ2v) is 5.74. The minimum Gasteiger partial charge on any atom is -0.369 e. The highest BCUT2D eigenvalue weighted by Crippen LogP contribution is 2.25. The number of imidazole rings is 1. The molecule has 0 amide bonds. The Bertz CT molecular complexity index is 674. The van der Waals surface area contributed by atoms with E-state index < -0.39 is 0 Å². The van der Waals surface area contributed by atoms with E-state index in [1.807, 2.05) is 12.1 Å². The van der Waals surface area contributed by atoms with Gasteiger partial charge in [0.15, 0.2) is 0 Å². The van der Waals surface area contributed by atoms with Gasteiger partial charge in [0, 0.05) is 6.54 Å². The molecule has 5 nitrogen and oxygen atoms in total. The average Bonchev–Trinajstić information content (AvgIpc) is 2.84. The molecule has 1 aromatic heterocycles. The normalized spacial score (nSPS) is 17.1. The highest BCUT2D eigenvalue weighted by Gasteiger charge is 2.20. The highest BCUT2D eigenvalue weighted by atomic mass is 15.2. The molecule has 1 aliphatic heterocycles. The molecule has 1 fully saturated rings. The molecule has 0 bridgehead atoms. The third-order valence-corrected chi connectivity index (χ3v) is 4.52. The van der Waals surface area contributed by atoms with E-state index in [2.05, 4.69) is 27.4 Å². The Morgan fingerprint density at radius 3 is 2.81 bits per heavy atom. The standard InChI is InChI=1S/C16H21N5/c1-2-20-8-6-12(7-9-20)11-21-14-5-3-4-13(10-17)15(14)19-16(21)18/h3-5,12H,2,6-9,11H2,1H3,(H2,18,19). The Morgan fingerprint density at radius 1 is 1.38 bits per heavy atom. The van der Waals surface area contributed by atoms with E-state index in [4.69, 9.17) is 11.0 Å². The quantitative estimate of drug-likeness (QED) is 0.937. The summed E-state index contributed by atoms with van der Waals surface area (Å²) < 4.78 is 2.07. The Morgan fingerprint density at radius 2 is 2.14 bits per heavy atom. The first-order valence-corrected chi connectivity index (χ1v) is 7.60. The number of fused-ring (bicyclic) bond motifs is 1. The van der Waals surface area contributed by atoms with Gasteiger partial charge in [-0.3, -0.25) is 0 Å². The summed E-state index contributed by atoms with van der Waals surface area (Å²) in [4.78, 5) is 6.87. The fourth-order valence-corrected chi connectivity index (χ4v) is 3.19. The van der Waals surface area contributed by atoms with E-state index in [0.717, 1.165) is 37.2 Å². The molecular weight excluding hydrogens is 262 g/mol. The summed E-state index contributed by atoms with van der Waals surface area (Å²) in [7, 11) is 0. The van der Waals surface area contributed by atoms with Crippen molar-refractivity contribution in [1.29, 1.82) is 5.26 Å². The zero-order chi connectivity index (χ0) is 14.8. The highest BCUT2D eigenvalue weighted by molar-refractivity contribution is 5.83. The molecule has 1 aliphatic rings. The second-order valence-electron chi connectivity index (χ2n) is 5.74. The van der Waals surface area contributed by atoms with Crippen LogP contribution in [0.15, 0.2) is 18.2 Å². The first kappa shape index (κ1) is 13.9. The molecular formula is C16H21N5. The smallest absolute Gasteiger partial charge is 0.201 e. The van der Waals surface area contributed by atoms with Crippen molar-refractivity contribution in [2.75, 3.05) is 25.4 Å². The number of benzene rings is 1. The minimum atomic E-state index is 0.519. The molecule has 1 aromatic carbocycles. The number of nitriles is 1. The van der Waals surface area contributed by atoms with Crippen molar-refractivity contribution in [1.82, 2.24) is 14.5 Å². The van der Waals surface area contributed by atoms with Gasteiger partial charge in [-0.2, -0.15) is 5.26 Å². The van der Waals surface area contributed by atoms with Gasteiger partial charge >= 0.3 is 0 Å². The van der Waals surface area contributed by atoms with Crippen molar-refractivity contribution in [3.63, 3.8) is 0 Å². The molecule has 1 saturated heterocycles. The molecule has 2 heterocycles.